The van der Waals surface area contributed by atoms with Crippen LogP contribution < -0.4 is 16.4 Å². The second-order valence-corrected chi connectivity index (χ2v) is 10.5. The van der Waals surface area contributed by atoms with E-state index in [-0.39, 0.29) is 22.5 Å². The summed E-state index contributed by atoms with van der Waals surface area (Å²) in [5, 5.41) is 13.8. The van der Waals surface area contributed by atoms with E-state index in [0.717, 1.165) is 42.4 Å². The van der Waals surface area contributed by atoms with E-state index >= 15 is 0 Å². The van der Waals surface area contributed by atoms with E-state index < -0.39 is 11.7 Å². The number of azo groups is 1. The monoisotopic (exact) mass is 532 g/mol. The molecule has 1 unspecified atom stereocenters. The molecule has 0 spiro atoms. The molecule has 39 heavy (non-hydrogen) atoms. The number of nitrogens with one attached hydrogen (secondary N) is 2. The summed E-state index contributed by atoms with van der Waals surface area (Å²) < 4.78 is 14.5. The molecule has 0 bridgehead atoms. The second kappa shape index (κ2) is 11.9. The molecular weight excluding hydrogens is 495 g/mol. The molecule has 0 aliphatic carbocycles. The molecule has 10 heteroatoms. The topological polar surface area (TPSA) is 121 Å². The smallest absolute Gasteiger partial charge is 0.254 e. The third-order valence-electron chi connectivity index (χ3n) is 7.20. The number of halogens is 1. The summed E-state index contributed by atoms with van der Waals surface area (Å²) in [6.07, 6.45) is 4.52. The number of nitrogens with zero attached hydrogens (tertiary/aromatic N) is 5. The summed E-state index contributed by atoms with van der Waals surface area (Å²) in [4.78, 5) is 24.6. The number of anilines is 3. The van der Waals surface area contributed by atoms with Crippen LogP contribution in [0.3, 0.4) is 0 Å². The first-order valence-electron chi connectivity index (χ1n) is 13.2. The number of nitrogen functional groups attached to an aromatic ring is 1. The van der Waals surface area contributed by atoms with E-state index in [4.69, 9.17) is 10.7 Å². The number of hydrogen-bond acceptors (Lipinski definition) is 8. The minimum absolute atomic E-state index is 0.100. The summed E-state index contributed by atoms with van der Waals surface area (Å²) >= 11 is 0. The van der Waals surface area contributed by atoms with E-state index in [1.807, 2.05) is 6.20 Å². The highest BCUT2D eigenvalue weighted by atomic mass is 19.1. The van der Waals surface area contributed by atoms with Gasteiger partial charge in [0, 0.05) is 49.7 Å². The lowest BCUT2D eigenvalue weighted by molar-refractivity contribution is 0.0775. The van der Waals surface area contributed by atoms with Crippen LogP contribution in [-0.2, 0) is 13.1 Å². The number of carbonyl (C=O) groups is 1. The maximum atomic E-state index is 14.5. The molecule has 206 valence electrons. The van der Waals surface area contributed by atoms with Crippen molar-refractivity contribution in [3.8, 4) is 0 Å². The predicted octanol–water partition coefficient (Wildman–Crippen LogP) is 5.97. The van der Waals surface area contributed by atoms with E-state index in [9.17, 15) is 9.18 Å². The van der Waals surface area contributed by atoms with Crippen LogP contribution >= 0.6 is 0 Å². The molecule has 2 aromatic carbocycles. The van der Waals surface area contributed by atoms with E-state index in [2.05, 4.69) is 76.6 Å². The van der Waals surface area contributed by atoms with E-state index in [0.29, 0.717) is 25.5 Å². The van der Waals surface area contributed by atoms with Crippen LogP contribution in [0.2, 0.25) is 0 Å². The van der Waals surface area contributed by atoms with Gasteiger partial charge in [-0.1, -0.05) is 19.4 Å². The van der Waals surface area contributed by atoms with Gasteiger partial charge >= 0.3 is 0 Å². The predicted molar refractivity (Wildman–Crippen MR) is 152 cm³/mol. The van der Waals surface area contributed by atoms with Crippen molar-refractivity contribution < 1.29 is 9.18 Å². The third-order valence-corrected chi connectivity index (χ3v) is 7.20. The van der Waals surface area contributed by atoms with Crippen molar-refractivity contribution in [1.82, 2.24) is 20.2 Å². The zero-order valence-corrected chi connectivity index (χ0v) is 23.3. The molecular formula is C29H37FN8O. The van der Waals surface area contributed by atoms with Gasteiger partial charge in [-0.2, -0.15) is 10.2 Å². The van der Waals surface area contributed by atoms with Gasteiger partial charge < -0.3 is 16.4 Å². The van der Waals surface area contributed by atoms with Gasteiger partial charge in [0.15, 0.2) is 0 Å². The highest BCUT2D eigenvalue weighted by Gasteiger charge is 2.36. The Morgan fingerprint density at radius 2 is 1.90 bits per heavy atom. The fourth-order valence-corrected chi connectivity index (χ4v) is 5.24. The summed E-state index contributed by atoms with van der Waals surface area (Å²) in [6, 6.07) is 8.72. The molecule has 4 rings (SSSR count). The fourth-order valence-electron chi connectivity index (χ4n) is 5.24. The summed E-state index contributed by atoms with van der Waals surface area (Å²) in [5.41, 5.74) is 11.3. The van der Waals surface area contributed by atoms with Gasteiger partial charge in [0.05, 0.1) is 16.9 Å². The molecule has 1 aliphatic heterocycles. The van der Waals surface area contributed by atoms with Gasteiger partial charge in [-0.15, -0.1) is 0 Å². The number of aromatic nitrogens is 2. The lowest BCUT2D eigenvalue weighted by Crippen LogP contribution is -2.45. The van der Waals surface area contributed by atoms with Gasteiger partial charge in [0.25, 0.3) is 5.91 Å². The first kappa shape index (κ1) is 28.1. The highest BCUT2D eigenvalue weighted by molar-refractivity contribution is 5.96. The van der Waals surface area contributed by atoms with Gasteiger partial charge in [0.1, 0.15) is 11.5 Å². The van der Waals surface area contributed by atoms with Gasteiger partial charge in [-0.25, -0.2) is 14.4 Å². The van der Waals surface area contributed by atoms with E-state index in [1.54, 1.807) is 0 Å². The normalized spacial score (nSPS) is 14.8. The minimum Gasteiger partial charge on any atom is -0.397 e. The molecule has 1 aliphatic rings. The van der Waals surface area contributed by atoms with Gasteiger partial charge in [-0.05, 0) is 69.0 Å². The Morgan fingerprint density at radius 1 is 1.15 bits per heavy atom. The minimum atomic E-state index is -0.685. The maximum Gasteiger partial charge on any atom is 0.254 e. The molecule has 1 atom stereocenters. The highest BCUT2D eigenvalue weighted by Crippen LogP contribution is 2.34. The lowest BCUT2D eigenvalue weighted by Gasteiger charge is -2.39. The van der Waals surface area contributed by atoms with Crippen molar-refractivity contribution in [2.75, 3.05) is 24.6 Å². The van der Waals surface area contributed by atoms with Crippen LogP contribution in [0.1, 0.15) is 65.9 Å². The quantitative estimate of drug-likeness (QED) is 0.219. The second-order valence-electron chi connectivity index (χ2n) is 10.5. The number of nitrogens with two attached hydrogens (primary N) is 1. The molecule has 0 fully saturated rings. The maximum absolute atomic E-state index is 14.5. The Kier molecular flexibility index (Phi) is 8.54. The van der Waals surface area contributed by atoms with E-state index in [1.165, 1.54) is 24.2 Å². The first-order valence-corrected chi connectivity index (χ1v) is 13.2. The molecule has 0 saturated heterocycles. The third kappa shape index (κ3) is 6.57. The average molecular weight is 533 g/mol. The fraction of sp³-hybridized carbons (Fsp3) is 0.414. The Labute approximate surface area is 229 Å². The average Bonchev–Trinajstić information content (AvgIpc) is 3.29. The van der Waals surface area contributed by atoms with Crippen molar-refractivity contribution in [1.29, 1.82) is 0 Å². The first-order chi connectivity index (χ1) is 18.6. The number of carbonyl (C=O) groups excluding carboxylic acids is 1. The molecule has 9 nitrogen and oxygen atoms in total. The number of fused-ring (bicyclic) bond motifs is 1. The van der Waals surface area contributed by atoms with Gasteiger partial charge in [0.2, 0.25) is 5.95 Å². The molecule has 2 heterocycles. The van der Waals surface area contributed by atoms with Crippen molar-refractivity contribution in [3.05, 3.63) is 70.3 Å². The van der Waals surface area contributed by atoms with Crippen molar-refractivity contribution in [2.24, 2.45) is 10.2 Å². The summed E-state index contributed by atoms with van der Waals surface area (Å²) in [6.45, 7) is 10.3. The van der Waals surface area contributed by atoms with Crippen LogP contribution in [0.15, 0.2) is 46.8 Å². The van der Waals surface area contributed by atoms with Crippen LogP contribution in [0.25, 0.3) is 0 Å². The van der Waals surface area contributed by atoms with Crippen LogP contribution in [0, 0.1) is 19.7 Å². The van der Waals surface area contributed by atoms with Gasteiger partial charge in [-0.3, -0.25) is 9.69 Å². The zero-order chi connectivity index (χ0) is 28.2. The Hall–Kier alpha value is -3.92. The molecule has 4 N–H and O–H groups in total. The summed E-state index contributed by atoms with van der Waals surface area (Å²) in [7, 11) is 1.49. The lowest BCUT2D eigenvalue weighted by atomic mass is 9.90. The van der Waals surface area contributed by atoms with Crippen molar-refractivity contribution in [3.63, 3.8) is 0 Å². The molecule has 1 amide bonds. The van der Waals surface area contributed by atoms with Crippen LogP contribution in [0.5, 0.6) is 0 Å². The van der Waals surface area contributed by atoms with Crippen LogP contribution in [0.4, 0.5) is 27.4 Å². The summed E-state index contributed by atoms with van der Waals surface area (Å²) in [5.74, 6) is -0.607. The number of rotatable bonds is 10. The van der Waals surface area contributed by atoms with Crippen molar-refractivity contribution in [2.45, 2.75) is 65.6 Å². The molecule has 1 aromatic heterocycles. The van der Waals surface area contributed by atoms with Crippen LogP contribution in [-0.4, -0.2) is 39.9 Å². The standard InChI is InChI=1S/C29H37FN8O/c1-6-7-29(4,8-9-33-27(39)22-13-25(37-32-5)24(31)14-23(22)30)38-16-20-15-34-28(36-26(20)17-38)35-21-11-18(2)10-19(3)12-21/h10-15H,6-9,16-17,31H2,1-5H3,(H,33,39)(H,34,35,36)/b37-32-. The Morgan fingerprint density at radius 3 is 2.59 bits per heavy atom. The largest absolute Gasteiger partial charge is 0.397 e. The molecule has 0 saturated carbocycles. The SMILES string of the molecule is CCCC(C)(CCNC(=O)c1cc(/N=N\C)c(N)cc1F)N1Cc2cnc(Nc3cc(C)cc(C)c3)nc2C1. The Bertz CT molecular complexity index is 1370. The molecule has 3 aromatic rings. The number of aryl methyl sites for hydroxylation is 2. The number of amides is 1. The number of benzene rings is 2. The Balaban J connectivity index is 1.42. The molecule has 0 radical (unpaired) electrons. The number of hydrogen-bond donors (Lipinski definition) is 3. The zero-order valence-electron chi connectivity index (χ0n) is 23.3. The van der Waals surface area contributed by atoms with Crippen molar-refractivity contribution >= 4 is 28.9 Å².